The third kappa shape index (κ3) is 3.56. The van der Waals surface area contributed by atoms with Crippen LogP contribution in [-0.4, -0.2) is 37.5 Å². The first-order valence-corrected chi connectivity index (χ1v) is 10.8. The number of ether oxygens (including phenoxy) is 2. The van der Waals surface area contributed by atoms with Gasteiger partial charge in [-0.2, -0.15) is 0 Å². The lowest BCUT2D eigenvalue weighted by molar-refractivity contribution is -0.160. The predicted octanol–water partition coefficient (Wildman–Crippen LogP) is 3.90. The zero-order chi connectivity index (χ0) is 20.7. The Hall–Kier alpha value is -2.51. The number of hydrogen-bond donors (Lipinski definition) is 1. The van der Waals surface area contributed by atoms with Gasteiger partial charge in [-0.3, -0.25) is 4.98 Å². The normalized spacial score (nSPS) is 27.5. The highest BCUT2D eigenvalue weighted by atomic mass is 16.8. The summed E-state index contributed by atoms with van der Waals surface area (Å²) in [5.41, 5.74) is 8.08. The Labute approximate surface area is 176 Å². The van der Waals surface area contributed by atoms with E-state index < -0.39 is 5.79 Å². The summed E-state index contributed by atoms with van der Waals surface area (Å²) in [7, 11) is 0. The lowest BCUT2D eigenvalue weighted by Gasteiger charge is -2.24. The number of aromatic nitrogens is 4. The van der Waals surface area contributed by atoms with Crippen LogP contribution in [0.2, 0.25) is 0 Å². The fourth-order valence-corrected chi connectivity index (χ4v) is 5.13. The fourth-order valence-electron chi connectivity index (χ4n) is 5.13. The average Bonchev–Trinajstić information content (AvgIpc) is 3.38. The molecule has 7 nitrogen and oxygen atoms in total. The molecule has 0 bridgehead atoms. The van der Waals surface area contributed by atoms with Crippen LogP contribution >= 0.6 is 0 Å². The van der Waals surface area contributed by atoms with Gasteiger partial charge in [-0.1, -0.05) is 12.5 Å². The summed E-state index contributed by atoms with van der Waals surface area (Å²) in [6.07, 6.45) is 11.0. The zero-order valence-corrected chi connectivity index (χ0v) is 17.6. The van der Waals surface area contributed by atoms with Crippen LogP contribution in [-0.2, 0) is 15.9 Å². The molecule has 2 fully saturated rings. The molecule has 4 atom stereocenters. The molecule has 0 radical (unpaired) electrons. The van der Waals surface area contributed by atoms with E-state index in [0.717, 1.165) is 48.8 Å². The van der Waals surface area contributed by atoms with Crippen LogP contribution in [0, 0.1) is 5.92 Å². The Morgan fingerprint density at radius 1 is 1.10 bits per heavy atom. The first kappa shape index (κ1) is 19.5. The minimum absolute atomic E-state index is 0.0209. The third-order valence-electron chi connectivity index (χ3n) is 6.43. The Bertz CT molecular complexity index is 1020. The first-order chi connectivity index (χ1) is 14.5. The van der Waals surface area contributed by atoms with Gasteiger partial charge in [0.15, 0.2) is 5.79 Å². The van der Waals surface area contributed by atoms with Crippen molar-refractivity contribution in [2.24, 2.45) is 5.92 Å². The summed E-state index contributed by atoms with van der Waals surface area (Å²) in [4.78, 5) is 13.1. The number of rotatable bonds is 6. The van der Waals surface area contributed by atoms with Crippen molar-refractivity contribution in [2.75, 3.05) is 5.73 Å². The van der Waals surface area contributed by atoms with Gasteiger partial charge in [0, 0.05) is 18.1 Å². The van der Waals surface area contributed by atoms with Crippen molar-refractivity contribution in [2.45, 2.75) is 70.0 Å². The highest BCUT2D eigenvalue weighted by Crippen LogP contribution is 2.49. The maximum atomic E-state index is 6.37. The van der Waals surface area contributed by atoms with Gasteiger partial charge in [-0.05, 0) is 63.6 Å². The average molecular weight is 408 g/mol. The molecule has 2 aliphatic rings. The molecule has 30 heavy (non-hydrogen) atoms. The molecule has 1 aliphatic carbocycles. The van der Waals surface area contributed by atoms with Crippen molar-refractivity contribution in [1.82, 2.24) is 19.5 Å². The van der Waals surface area contributed by atoms with Crippen molar-refractivity contribution < 1.29 is 9.47 Å². The van der Waals surface area contributed by atoms with Crippen LogP contribution in [0.1, 0.15) is 51.3 Å². The number of nitrogens with two attached hydrogens (primary N) is 1. The number of nitrogens with zero attached hydrogens (tertiary/aromatic N) is 4. The SMILES string of the molecule is CC1(C)O[C@@H]2[C@@H](CCCCc3ccccn3)C[C@@H](n3ccc4c(N)ncnc43)[C@@H]2O1. The van der Waals surface area contributed by atoms with E-state index in [1.54, 1.807) is 0 Å². The van der Waals surface area contributed by atoms with Gasteiger partial charge in [0.2, 0.25) is 0 Å². The summed E-state index contributed by atoms with van der Waals surface area (Å²) < 4.78 is 14.9. The summed E-state index contributed by atoms with van der Waals surface area (Å²) in [5.74, 6) is 0.419. The molecule has 0 unspecified atom stereocenters. The zero-order valence-electron chi connectivity index (χ0n) is 17.6. The van der Waals surface area contributed by atoms with Crippen molar-refractivity contribution in [3.05, 3.63) is 48.7 Å². The molecule has 0 amide bonds. The molecule has 1 saturated heterocycles. The Morgan fingerprint density at radius 3 is 2.80 bits per heavy atom. The minimum atomic E-state index is -0.558. The third-order valence-corrected chi connectivity index (χ3v) is 6.43. The number of hydrogen-bond acceptors (Lipinski definition) is 6. The molecule has 3 aromatic rings. The molecular formula is C23H29N5O2. The monoisotopic (exact) mass is 407 g/mol. The second-order valence-corrected chi connectivity index (χ2v) is 8.91. The van der Waals surface area contributed by atoms with Gasteiger partial charge >= 0.3 is 0 Å². The molecule has 5 rings (SSSR count). The van der Waals surface area contributed by atoms with Crippen molar-refractivity contribution in [3.8, 4) is 0 Å². The van der Waals surface area contributed by atoms with Crippen molar-refractivity contribution in [1.29, 1.82) is 0 Å². The second-order valence-electron chi connectivity index (χ2n) is 8.91. The highest BCUT2D eigenvalue weighted by Gasteiger charge is 2.54. The number of fused-ring (bicyclic) bond motifs is 2. The van der Waals surface area contributed by atoms with E-state index in [4.69, 9.17) is 15.2 Å². The van der Waals surface area contributed by atoms with E-state index >= 15 is 0 Å². The van der Waals surface area contributed by atoms with Gasteiger partial charge in [0.1, 0.15) is 23.9 Å². The summed E-state index contributed by atoms with van der Waals surface area (Å²) in [5, 5.41) is 0.894. The quantitative estimate of drug-likeness (QED) is 0.624. The number of pyridine rings is 1. The Morgan fingerprint density at radius 2 is 1.97 bits per heavy atom. The van der Waals surface area contributed by atoms with Crippen molar-refractivity contribution in [3.63, 3.8) is 0 Å². The molecule has 158 valence electrons. The number of nitrogen functional groups attached to an aromatic ring is 1. The number of anilines is 1. The summed E-state index contributed by atoms with van der Waals surface area (Å²) >= 11 is 0. The number of aryl methyl sites for hydroxylation is 1. The van der Waals surface area contributed by atoms with E-state index in [1.807, 2.05) is 32.2 Å². The van der Waals surface area contributed by atoms with Gasteiger partial charge in [0.05, 0.1) is 17.5 Å². The van der Waals surface area contributed by atoms with Gasteiger partial charge in [-0.15, -0.1) is 0 Å². The van der Waals surface area contributed by atoms with Crippen LogP contribution in [0.25, 0.3) is 11.0 Å². The van der Waals surface area contributed by atoms with E-state index in [9.17, 15) is 0 Å². The molecule has 0 spiro atoms. The smallest absolute Gasteiger partial charge is 0.163 e. The molecule has 2 N–H and O–H groups in total. The molecule has 1 saturated carbocycles. The number of unbranched alkanes of at least 4 members (excludes halogenated alkanes) is 1. The van der Waals surface area contributed by atoms with E-state index in [0.29, 0.717) is 11.7 Å². The maximum absolute atomic E-state index is 6.37. The molecule has 7 heteroatoms. The predicted molar refractivity (Wildman–Crippen MR) is 115 cm³/mol. The maximum Gasteiger partial charge on any atom is 0.163 e. The van der Waals surface area contributed by atoms with Crippen LogP contribution in [0.15, 0.2) is 43.0 Å². The van der Waals surface area contributed by atoms with Gasteiger partial charge < -0.3 is 19.8 Å². The molecule has 4 heterocycles. The standard InChI is InChI=1S/C23H29N5O2/c1-23(2)29-19-15(7-3-4-8-16-9-5-6-11-25-16)13-18(20(19)30-23)28-12-10-17-21(24)26-14-27-22(17)28/h5-6,9-12,14-15,18-20H,3-4,7-8,13H2,1-2H3,(H2,24,26,27)/t15-,18+,19+,20-/m0/s1. The van der Waals surface area contributed by atoms with E-state index in [-0.39, 0.29) is 18.2 Å². The van der Waals surface area contributed by atoms with Crippen LogP contribution in [0.5, 0.6) is 0 Å². The van der Waals surface area contributed by atoms with Crippen LogP contribution in [0.4, 0.5) is 5.82 Å². The Kier molecular flexibility index (Phi) is 4.95. The Balaban J connectivity index is 1.32. The van der Waals surface area contributed by atoms with Crippen molar-refractivity contribution >= 4 is 16.9 Å². The van der Waals surface area contributed by atoms with Crippen LogP contribution in [0.3, 0.4) is 0 Å². The van der Waals surface area contributed by atoms with Crippen LogP contribution < -0.4 is 5.73 Å². The highest BCUT2D eigenvalue weighted by molar-refractivity contribution is 5.86. The molecule has 3 aromatic heterocycles. The molecular weight excluding hydrogens is 378 g/mol. The van der Waals surface area contributed by atoms with Gasteiger partial charge in [-0.25, -0.2) is 9.97 Å². The van der Waals surface area contributed by atoms with E-state index in [2.05, 4.69) is 37.8 Å². The largest absolute Gasteiger partial charge is 0.383 e. The minimum Gasteiger partial charge on any atom is -0.383 e. The second kappa shape index (κ2) is 7.63. The lowest BCUT2D eigenvalue weighted by Crippen LogP contribution is -2.27. The fraction of sp³-hybridized carbons (Fsp3) is 0.522. The topological polar surface area (TPSA) is 88.1 Å². The summed E-state index contributed by atoms with van der Waals surface area (Å²) in [6.45, 7) is 4.02. The first-order valence-electron chi connectivity index (χ1n) is 10.8. The lowest BCUT2D eigenvalue weighted by atomic mass is 9.97. The van der Waals surface area contributed by atoms with E-state index in [1.165, 1.54) is 6.33 Å². The molecule has 1 aliphatic heterocycles. The molecule has 0 aromatic carbocycles. The van der Waals surface area contributed by atoms with Gasteiger partial charge in [0.25, 0.3) is 0 Å². The summed E-state index contributed by atoms with van der Waals surface area (Å²) in [6, 6.07) is 8.30.